The van der Waals surface area contributed by atoms with Gasteiger partial charge in [0.2, 0.25) is 0 Å². The second-order valence-corrected chi connectivity index (χ2v) is 6.23. The molecule has 1 atom stereocenters. The highest BCUT2D eigenvalue weighted by Gasteiger charge is 2.19. The number of carbonyl (C=O) groups is 2. The van der Waals surface area contributed by atoms with E-state index in [1.165, 1.54) is 18.0 Å². The van der Waals surface area contributed by atoms with E-state index < -0.39 is 12.0 Å². The van der Waals surface area contributed by atoms with Gasteiger partial charge in [0.15, 0.2) is 0 Å². The summed E-state index contributed by atoms with van der Waals surface area (Å²) in [6, 6.07) is 4.59. The van der Waals surface area contributed by atoms with Crippen LogP contribution in [0.3, 0.4) is 0 Å². The average Bonchev–Trinajstić information content (AvgIpc) is 2.40. The minimum absolute atomic E-state index is 0.0358. The zero-order valence-corrected chi connectivity index (χ0v) is 14.5. The van der Waals surface area contributed by atoms with Gasteiger partial charge in [0.05, 0.1) is 23.2 Å². The molecular weight excluding hydrogens is 406 g/mol. The summed E-state index contributed by atoms with van der Waals surface area (Å²) < 4.78 is 1.03. The van der Waals surface area contributed by atoms with Crippen molar-refractivity contribution in [3.8, 4) is 6.07 Å². The minimum Gasteiger partial charge on any atom is -0.478 e. The summed E-state index contributed by atoms with van der Waals surface area (Å²) in [6.45, 7) is 1.95. The van der Waals surface area contributed by atoms with Gasteiger partial charge >= 0.3 is 12.0 Å². The topological polar surface area (TPSA) is 93.4 Å². The lowest BCUT2D eigenvalue weighted by Gasteiger charge is -2.20. The zero-order chi connectivity index (χ0) is 16.2. The van der Waals surface area contributed by atoms with Crippen molar-refractivity contribution in [2.24, 2.45) is 5.92 Å². The van der Waals surface area contributed by atoms with Gasteiger partial charge in [0.1, 0.15) is 0 Å². The fourth-order valence-corrected chi connectivity index (χ4v) is 2.93. The van der Waals surface area contributed by atoms with E-state index in [4.69, 9.17) is 5.26 Å². The molecule has 1 rings (SSSR count). The molecule has 2 N–H and O–H groups in total. The molecule has 1 aromatic carbocycles. The molecule has 0 aromatic heterocycles. The van der Waals surface area contributed by atoms with Crippen LogP contribution in [-0.4, -0.2) is 35.6 Å². The van der Waals surface area contributed by atoms with Crippen LogP contribution in [0.5, 0.6) is 0 Å². The first-order valence-electron chi connectivity index (χ1n) is 5.90. The van der Waals surface area contributed by atoms with Crippen LogP contribution in [0.4, 0.5) is 10.5 Å². The molecule has 0 aliphatic heterocycles. The predicted molar refractivity (Wildman–Crippen MR) is 85.2 cm³/mol. The number of carboxylic acid groups (broad SMARTS) is 1. The van der Waals surface area contributed by atoms with Gasteiger partial charge in [0, 0.05) is 22.5 Å². The van der Waals surface area contributed by atoms with E-state index in [0.717, 1.165) is 0 Å². The highest BCUT2D eigenvalue weighted by molar-refractivity contribution is 9.11. The van der Waals surface area contributed by atoms with Gasteiger partial charge in [-0.05, 0) is 35.0 Å². The van der Waals surface area contributed by atoms with Gasteiger partial charge in [-0.3, -0.25) is 0 Å². The molecule has 0 radical (unpaired) electrons. The lowest BCUT2D eigenvalue weighted by molar-refractivity contribution is 0.0698. The summed E-state index contributed by atoms with van der Waals surface area (Å²) in [6.07, 6.45) is 0. The van der Waals surface area contributed by atoms with Crippen LogP contribution in [0.2, 0.25) is 0 Å². The smallest absolute Gasteiger partial charge is 0.337 e. The summed E-state index contributed by atoms with van der Waals surface area (Å²) in [7, 11) is 1.54. The number of hydrogen-bond acceptors (Lipinski definition) is 3. The maximum Gasteiger partial charge on any atom is 0.337 e. The Morgan fingerprint density at radius 2 is 2.10 bits per heavy atom. The van der Waals surface area contributed by atoms with Crippen molar-refractivity contribution in [2.45, 2.75) is 6.92 Å². The van der Waals surface area contributed by atoms with Gasteiger partial charge < -0.3 is 15.3 Å². The molecule has 0 aliphatic carbocycles. The maximum absolute atomic E-state index is 12.1. The van der Waals surface area contributed by atoms with E-state index >= 15 is 0 Å². The van der Waals surface area contributed by atoms with Gasteiger partial charge in [-0.2, -0.15) is 5.26 Å². The number of benzene rings is 1. The largest absolute Gasteiger partial charge is 0.478 e. The number of rotatable bonds is 4. The van der Waals surface area contributed by atoms with Gasteiger partial charge in [-0.1, -0.05) is 15.9 Å². The molecule has 6 nitrogen and oxygen atoms in total. The van der Waals surface area contributed by atoms with E-state index in [-0.39, 0.29) is 23.7 Å². The van der Waals surface area contributed by atoms with Crippen LogP contribution in [-0.2, 0) is 0 Å². The first kappa shape index (κ1) is 17.5. The number of urea groups is 1. The lowest BCUT2D eigenvalue weighted by Crippen LogP contribution is -2.34. The molecule has 0 saturated carbocycles. The van der Waals surface area contributed by atoms with Crippen LogP contribution in [0.15, 0.2) is 21.1 Å². The molecule has 0 heterocycles. The van der Waals surface area contributed by atoms with Crippen molar-refractivity contribution in [3.63, 3.8) is 0 Å². The van der Waals surface area contributed by atoms with E-state index in [1.54, 1.807) is 13.0 Å². The Balaban J connectivity index is 3.00. The van der Waals surface area contributed by atoms with Crippen LogP contribution in [0.25, 0.3) is 0 Å². The number of amides is 2. The zero-order valence-electron chi connectivity index (χ0n) is 11.4. The molecule has 21 heavy (non-hydrogen) atoms. The van der Waals surface area contributed by atoms with Crippen molar-refractivity contribution in [3.05, 3.63) is 26.6 Å². The third kappa shape index (κ3) is 4.72. The maximum atomic E-state index is 12.1. The number of nitrogens with zero attached hydrogens (tertiary/aromatic N) is 2. The minimum atomic E-state index is -1.15. The number of anilines is 1. The quantitative estimate of drug-likeness (QED) is 0.781. The summed E-state index contributed by atoms with van der Waals surface area (Å²) in [5, 5.41) is 20.5. The van der Waals surface area contributed by atoms with Gasteiger partial charge in [-0.15, -0.1) is 0 Å². The van der Waals surface area contributed by atoms with Crippen LogP contribution in [0.1, 0.15) is 17.3 Å². The second kappa shape index (κ2) is 7.43. The number of hydrogen-bond donors (Lipinski definition) is 2. The summed E-state index contributed by atoms with van der Waals surface area (Å²) in [4.78, 5) is 24.6. The third-order valence-electron chi connectivity index (χ3n) is 2.63. The van der Waals surface area contributed by atoms with Crippen LogP contribution >= 0.6 is 31.9 Å². The SMILES string of the molecule is CC(C#N)CN(C)C(=O)Nc1c(Br)cc(Br)cc1C(=O)O. The molecule has 0 aliphatic rings. The number of aromatic carboxylic acids is 1. The Morgan fingerprint density at radius 3 is 2.62 bits per heavy atom. The summed E-state index contributed by atoms with van der Waals surface area (Å²) in [5.41, 5.74) is 0.137. The molecule has 0 saturated heterocycles. The van der Waals surface area contributed by atoms with E-state index in [2.05, 4.69) is 37.2 Å². The number of halogens is 2. The monoisotopic (exact) mass is 417 g/mol. The fourth-order valence-electron chi connectivity index (χ4n) is 1.61. The molecule has 1 unspecified atom stereocenters. The highest BCUT2D eigenvalue weighted by Crippen LogP contribution is 2.31. The summed E-state index contributed by atoms with van der Waals surface area (Å²) in [5.74, 6) is -1.46. The van der Waals surface area contributed by atoms with E-state index in [9.17, 15) is 14.7 Å². The van der Waals surface area contributed by atoms with Gasteiger partial charge in [-0.25, -0.2) is 9.59 Å². The normalized spacial score (nSPS) is 11.4. The molecule has 0 fully saturated rings. The number of carboxylic acids is 1. The third-order valence-corrected chi connectivity index (χ3v) is 3.72. The molecular formula is C13H13Br2N3O3. The van der Waals surface area contributed by atoms with Crippen molar-refractivity contribution >= 4 is 49.5 Å². The standard InChI is InChI=1S/C13H13Br2N3O3/c1-7(5-16)6-18(2)13(21)17-11-9(12(19)20)3-8(14)4-10(11)15/h3-4,7H,6H2,1-2H3,(H,17,21)(H,19,20). The van der Waals surface area contributed by atoms with Crippen molar-refractivity contribution < 1.29 is 14.7 Å². The molecule has 0 spiro atoms. The molecule has 112 valence electrons. The van der Waals surface area contributed by atoms with Crippen LogP contribution < -0.4 is 5.32 Å². The first-order valence-corrected chi connectivity index (χ1v) is 7.49. The number of nitriles is 1. The predicted octanol–water partition coefficient (Wildman–Crippen LogP) is 3.53. The average molecular weight is 419 g/mol. The molecule has 8 heteroatoms. The molecule has 0 bridgehead atoms. The summed E-state index contributed by atoms with van der Waals surface area (Å²) >= 11 is 6.43. The highest BCUT2D eigenvalue weighted by atomic mass is 79.9. The van der Waals surface area contributed by atoms with Crippen molar-refractivity contribution in [2.75, 3.05) is 18.9 Å². The Labute approximate surface area is 139 Å². The molecule has 2 amide bonds. The van der Waals surface area contributed by atoms with E-state index in [1.807, 2.05) is 6.07 Å². The Hall–Kier alpha value is -1.59. The van der Waals surface area contributed by atoms with Gasteiger partial charge in [0.25, 0.3) is 0 Å². The van der Waals surface area contributed by atoms with Crippen LogP contribution in [0, 0.1) is 17.2 Å². The number of carbonyl (C=O) groups excluding carboxylic acids is 1. The Kier molecular flexibility index (Phi) is 6.18. The van der Waals surface area contributed by atoms with Crippen molar-refractivity contribution in [1.82, 2.24) is 4.90 Å². The second-order valence-electron chi connectivity index (χ2n) is 4.46. The lowest BCUT2D eigenvalue weighted by atomic mass is 10.2. The van der Waals surface area contributed by atoms with E-state index in [0.29, 0.717) is 8.95 Å². The Morgan fingerprint density at radius 1 is 1.48 bits per heavy atom. The first-order chi connectivity index (χ1) is 9.76. The Bertz CT molecular complexity index is 613. The molecule has 1 aromatic rings. The van der Waals surface area contributed by atoms with Crippen molar-refractivity contribution in [1.29, 1.82) is 5.26 Å². The number of nitrogens with one attached hydrogen (secondary N) is 1. The fraction of sp³-hybridized carbons (Fsp3) is 0.308.